The maximum absolute atomic E-state index is 8.69. The molecule has 1 saturated heterocycles. The highest BCUT2D eigenvalue weighted by Crippen LogP contribution is 2.07. The molecule has 4 nitrogen and oxygen atoms in total. The number of aliphatic hydroxyl groups is 2. The number of rotatable bonds is 7. The summed E-state index contributed by atoms with van der Waals surface area (Å²) in [6.07, 6.45) is 1.77. The molecule has 0 saturated carbocycles. The molecule has 1 aliphatic rings. The van der Waals surface area contributed by atoms with E-state index in [-0.39, 0.29) is 31.7 Å². The minimum absolute atomic E-state index is 0. The highest BCUT2D eigenvalue weighted by Gasteiger charge is 2.22. The SMILES string of the molecule is Cl.OCCC(CCO)NCC1CO1. The molecule has 3 N–H and O–H groups in total. The summed E-state index contributed by atoms with van der Waals surface area (Å²) in [5.41, 5.74) is 0. The lowest BCUT2D eigenvalue weighted by Gasteiger charge is -2.15. The number of nitrogens with one attached hydrogen (secondary N) is 1. The molecule has 5 heteroatoms. The summed E-state index contributed by atoms with van der Waals surface area (Å²) >= 11 is 0. The van der Waals surface area contributed by atoms with Gasteiger partial charge in [-0.1, -0.05) is 0 Å². The van der Waals surface area contributed by atoms with Crippen LogP contribution in [0.5, 0.6) is 0 Å². The van der Waals surface area contributed by atoms with Crippen LogP contribution >= 0.6 is 12.4 Å². The lowest BCUT2D eigenvalue weighted by molar-refractivity contribution is 0.225. The van der Waals surface area contributed by atoms with Crippen LogP contribution in [-0.2, 0) is 4.74 Å². The van der Waals surface area contributed by atoms with Gasteiger partial charge in [-0.2, -0.15) is 0 Å². The van der Waals surface area contributed by atoms with E-state index in [2.05, 4.69) is 5.32 Å². The van der Waals surface area contributed by atoms with E-state index in [0.29, 0.717) is 18.9 Å². The van der Waals surface area contributed by atoms with Crippen molar-refractivity contribution in [1.29, 1.82) is 0 Å². The summed E-state index contributed by atoms with van der Waals surface area (Å²) in [7, 11) is 0. The van der Waals surface area contributed by atoms with Gasteiger partial charge in [-0.25, -0.2) is 0 Å². The van der Waals surface area contributed by atoms with Gasteiger partial charge in [0, 0.05) is 25.8 Å². The predicted octanol–water partition coefficient (Wildman–Crippen LogP) is -0.470. The summed E-state index contributed by atoms with van der Waals surface area (Å²) in [5, 5.41) is 20.6. The molecule has 0 amide bonds. The zero-order chi connectivity index (χ0) is 8.81. The third-order valence-electron chi connectivity index (χ3n) is 1.99. The Hall–Kier alpha value is 0.130. The maximum Gasteiger partial charge on any atom is 0.0934 e. The van der Waals surface area contributed by atoms with Crippen molar-refractivity contribution in [1.82, 2.24) is 5.32 Å². The lowest BCUT2D eigenvalue weighted by atomic mass is 10.1. The number of epoxide rings is 1. The van der Waals surface area contributed by atoms with E-state index in [1.54, 1.807) is 0 Å². The molecular formula is C8H18ClNO3. The van der Waals surface area contributed by atoms with E-state index in [1.807, 2.05) is 0 Å². The number of hydrogen-bond acceptors (Lipinski definition) is 4. The first-order valence-corrected chi connectivity index (χ1v) is 4.43. The largest absolute Gasteiger partial charge is 0.396 e. The Morgan fingerprint density at radius 2 is 1.85 bits per heavy atom. The van der Waals surface area contributed by atoms with Gasteiger partial charge in [-0.05, 0) is 12.8 Å². The van der Waals surface area contributed by atoms with E-state index in [1.165, 1.54) is 0 Å². The van der Waals surface area contributed by atoms with Gasteiger partial charge in [0.2, 0.25) is 0 Å². The second-order valence-electron chi connectivity index (χ2n) is 3.09. The number of aliphatic hydroxyl groups excluding tert-OH is 2. The molecule has 13 heavy (non-hydrogen) atoms. The fourth-order valence-electron chi connectivity index (χ4n) is 1.14. The molecule has 1 rings (SSSR count). The smallest absolute Gasteiger partial charge is 0.0934 e. The summed E-state index contributed by atoms with van der Waals surface area (Å²) in [5.74, 6) is 0. The average Bonchev–Trinajstić information content (AvgIpc) is 2.84. The van der Waals surface area contributed by atoms with Crippen molar-refractivity contribution in [2.45, 2.75) is 25.0 Å². The molecule has 0 aromatic heterocycles. The first-order chi connectivity index (χ1) is 5.86. The zero-order valence-corrected chi connectivity index (χ0v) is 8.42. The first kappa shape index (κ1) is 13.1. The third-order valence-corrected chi connectivity index (χ3v) is 1.99. The van der Waals surface area contributed by atoms with E-state index < -0.39 is 0 Å². The molecule has 0 bridgehead atoms. The topological polar surface area (TPSA) is 65.0 Å². The van der Waals surface area contributed by atoms with Crippen LogP contribution in [0.15, 0.2) is 0 Å². The van der Waals surface area contributed by atoms with Crippen LogP contribution in [0.4, 0.5) is 0 Å². The van der Waals surface area contributed by atoms with E-state index in [9.17, 15) is 0 Å². The second kappa shape index (κ2) is 7.53. The standard InChI is InChI=1S/C8H17NO3.ClH/c10-3-1-7(2-4-11)9-5-8-6-12-8;/h7-11H,1-6H2;1H. The monoisotopic (exact) mass is 211 g/mol. The average molecular weight is 212 g/mol. The Balaban J connectivity index is 0.00000144. The molecule has 0 aromatic carbocycles. The maximum atomic E-state index is 8.69. The van der Waals surface area contributed by atoms with Crippen molar-refractivity contribution < 1.29 is 14.9 Å². The number of ether oxygens (including phenoxy) is 1. The Morgan fingerprint density at radius 1 is 1.31 bits per heavy atom. The predicted molar refractivity (Wildman–Crippen MR) is 52.2 cm³/mol. The molecule has 1 unspecified atom stereocenters. The molecule has 0 spiro atoms. The van der Waals surface area contributed by atoms with Crippen LogP contribution in [0.3, 0.4) is 0 Å². The molecule has 1 atom stereocenters. The Morgan fingerprint density at radius 3 is 2.23 bits per heavy atom. The number of hydrogen-bond donors (Lipinski definition) is 3. The van der Waals surface area contributed by atoms with Crippen LogP contribution in [-0.4, -0.2) is 48.7 Å². The van der Waals surface area contributed by atoms with E-state index in [0.717, 1.165) is 13.2 Å². The quantitative estimate of drug-likeness (QED) is 0.499. The van der Waals surface area contributed by atoms with Gasteiger partial charge in [0.05, 0.1) is 12.7 Å². The highest BCUT2D eigenvalue weighted by molar-refractivity contribution is 5.85. The molecule has 1 aliphatic heterocycles. The molecular weight excluding hydrogens is 194 g/mol. The zero-order valence-electron chi connectivity index (χ0n) is 7.61. The molecule has 0 aromatic rings. The Kier molecular flexibility index (Phi) is 7.60. The fourth-order valence-corrected chi connectivity index (χ4v) is 1.14. The van der Waals surface area contributed by atoms with Crippen LogP contribution < -0.4 is 5.32 Å². The Bertz CT molecular complexity index is 116. The van der Waals surface area contributed by atoms with Crippen molar-refractivity contribution in [3.8, 4) is 0 Å². The molecule has 0 aliphatic carbocycles. The van der Waals surface area contributed by atoms with Crippen LogP contribution in [0.2, 0.25) is 0 Å². The normalized spacial score (nSPS) is 20.1. The second-order valence-corrected chi connectivity index (χ2v) is 3.09. The van der Waals surface area contributed by atoms with Gasteiger partial charge in [0.25, 0.3) is 0 Å². The lowest BCUT2D eigenvalue weighted by Crippen LogP contribution is -2.33. The fraction of sp³-hybridized carbons (Fsp3) is 1.00. The molecule has 1 fully saturated rings. The summed E-state index contributed by atoms with van der Waals surface area (Å²) in [6.45, 7) is 2.02. The Labute approximate surface area is 84.7 Å². The minimum Gasteiger partial charge on any atom is -0.396 e. The third kappa shape index (κ3) is 6.23. The minimum atomic E-state index is 0. The first-order valence-electron chi connectivity index (χ1n) is 4.43. The van der Waals surface area contributed by atoms with Crippen molar-refractivity contribution in [2.24, 2.45) is 0 Å². The van der Waals surface area contributed by atoms with Gasteiger partial charge in [0.15, 0.2) is 0 Å². The van der Waals surface area contributed by atoms with Crippen LogP contribution in [0.1, 0.15) is 12.8 Å². The van der Waals surface area contributed by atoms with Gasteiger partial charge < -0.3 is 20.3 Å². The van der Waals surface area contributed by atoms with Gasteiger partial charge in [-0.3, -0.25) is 0 Å². The molecule has 0 radical (unpaired) electrons. The van der Waals surface area contributed by atoms with Crippen molar-refractivity contribution >= 4 is 12.4 Å². The summed E-state index contributed by atoms with van der Waals surface area (Å²) in [4.78, 5) is 0. The van der Waals surface area contributed by atoms with Crippen molar-refractivity contribution in [3.05, 3.63) is 0 Å². The van der Waals surface area contributed by atoms with Gasteiger partial charge in [-0.15, -0.1) is 12.4 Å². The number of halogens is 1. The van der Waals surface area contributed by atoms with Crippen molar-refractivity contribution in [3.63, 3.8) is 0 Å². The van der Waals surface area contributed by atoms with Gasteiger partial charge >= 0.3 is 0 Å². The van der Waals surface area contributed by atoms with Crippen LogP contribution in [0, 0.1) is 0 Å². The molecule has 80 valence electrons. The van der Waals surface area contributed by atoms with E-state index in [4.69, 9.17) is 14.9 Å². The van der Waals surface area contributed by atoms with E-state index >= 15 is 0 Å². The summed E-state index contributed by atoms with van der Waals surface area (Å²) in [6, 6.07) is 0.226. The highest BCUT2D eigenvalue weighted by atomic mass is 35.5. The van der Waals surface area contributed by atoms with Crippen molar-refractivity contribution in [2.75, 3.05) is 26.4 Å². The van der Waals surface area contributed by atoms with Crippen LogP contribution in [0.25, 0.3) is 0 Å². The van der Waals surface area contributed by atoms with Gasteiger partial charge in [0.1, 0.15) is 0 Å². The molecule has 1 heterocycles. The summed E-state index contributed by atoms with van der Waals surface area (Å²) < 4.78 is 5.03.